The van der Waals surface area contributed by atoms with E-state index in [1.807, 2.05) is 24.3 Å². The second kappa shape index (κ2) is 9.43. The summed E-state index contributed by atoms with van der Waals surface area (Å²) >= 11 is 5.22. The van der Waals surface area contributed by atoms with E-state index in [9.17, 15) is 0 Å². The van der Waals surface area contributed by atoms with Crippen molar-refractivity contribution >= 4 is 23.5 Å². The monoisotopic (exact) mass is 398 g/mol. The Morgan fingerprint density at radius 1 is 1.25 bits per heavy atom. The van der Waals surface area contributed by atoms with Crippen molar-refractivity contribution in [1.82, 2.24) is 10.7 Å². The minimum Gasteiger partial charge on any atom is -0.493 e. The molecule has 0 spiro atoms. The number of nitrogens with zero attached hydrogens (tertiary/aromatic N) is 2. The molecule has 8 nitrogen and oxygen atoms in total. The van der Waals surface area contributed by atoms with Gasteiger partial charge in [-0.1, -0.05) is 6.07 Å². The second-order valence-corrected chi connectivity index (χ2v) is 6.01. The van der Waals surface area contributed by atoms with Gasteiger partial charge in [0.05, 0.1) is 13.3 Å². The van der Waals surface area contributed by atoms with Gasteiger partial charge in [-0.3, -0.25) is 5.43 Å². The zero-order chi connectivity index (χ0) is 19.8. The zero-order valence-corrected chi connectivity index (χ0v) is 15.9. The number of fused-ring (bicyclic) bond motifs is 1. The van der Waals surface area contributed by atoms with Crippen LogP contribution in [0, 0.1) is 11.3 Å². The molecule has 2 N–H and O–H groups in total. The van der Waals surface area contributed by atoms with Crippen molar-refractivity contribution in [2.75, 3.05) is 20.5 Å². The third kappa shape index (κ3) is 5.02. The predicted molar refractivity (Wildman–Crippen MR) is 107 cm³/mol. The summed E-state index contributed by atoms with van der Waals surface area (Å²) in [4.78, 5) is 0. The van der Waals surface area contributed by atoms with E-state index in [-0.39, 0.29) is 13.4 Å². The first-order valence-electron chi connectivity index (χ1n) is 8.33. The molecule has 0 bridgehead atoms. The molecule has 1 aliphatic heterocycles. The van der Waals surface area contributed by atoms with E-state index >= 15 is 0 Å². The molecular weight excluding hydrogens is 380 g/mol. The van der Waals surface area contributed by atoms with Crippen molar-refractivity contribution in [2.24, 2.45) is 5.10 Å². The van der Waals surface area contributed by atoms with Crippen LogP contribution in [-0.4, -0.2) is 31.8 Å². The quantitative estimate of drug-likeness (QED) is 0.417. The Morgan fingerprint density at radius 2 is 2.11 bits per heavy atom. The largest absolute Gasteiger partial charge is 0.493 e. The van der Waals surface area contributed by atoms with Crippen molar-refractivity contribution in [1.29, 1.82) is 5.26 Å². The third-order valence-corrected chi connectivity index (χ3v) is 3.99. The Morgan fingerprint density at radius 3 is 2.93 bits per heavy atom. The molecule has 1 aliphatic rings. The highest BCUT2D eigenvalue weighted by molar-refractivity contribution is 7.80. The number of nitrogens with one attached hydrogen (secondary N) is 2. The molecule has 1 heterocycles. The van der Waals surface area contributed by atoms with Crippen LogP contribution in [0.5, 0.6) is 23.0 Å². The van der Waals surface area contributed by atoms with Gasteiger partial charge in [0.2, 0.25) is 6.79 Å². The Kier molecular flexibility index (Phi) is 6.49. The summed E-state index contributed by atoms with van der Waals surface area (Å²) in [5.41, 5.74) is 4.55. The Bertz CT molecular complexity index is 927. The van der Waals surface area contributed by atoms with E-state index in [1.165, 1.54) is 7.11 Å². The maximum atomic E-state index is 8.60. The van der Waals surface area contributed by atoms with Crippen LogP contribution in [-0.2, 0) is 6.54 Å². The van der Waals surface area contributed by atoms with Gasteiger partial charge in [-0.15, -0.1) is 0 Å². The summed E-state index contributed by atoms with van der Waals surface area (Å²) < 4.78 is 21.2. The highest BCUT2D eigenvalue weighted by Gasteiger charge is 2.13. The maximum Gasteiger partial charge on any atom is 0.231 e. The van der Waals surface area contributed by atoms with Crippen LogP contribution in [0.1, 0.15) is 11.1 Å². The number of rotatable bonds is 7. The summed E-state index contributed by atoms with van der Waals surface area (Å²) in [6, 6.07) is 12.9. The van der Waals surface area contributed by atoms with Gasteiger partial charge in [-0.25, -0.2) is 0 Å². The fourth-order valence-corrected chi connectivity index (χ4v) is 2.56. The first kappa shape index (κ1) is 19.3. The molecule has 2 aromatic carbocycles. The topological polar surface area (TPSA) is 97.1 Å². The van der Waals surface area contributed by atoms with Crippen molar-refractivity contribution in [2.45, 2.75) is 6.54 Å². The van der Waals surface area contributed by atoms with Crippen molar-refractivity contribution in [3.8, 4) is 29.1 Å². The van der Waals surface area contributed by atoms with Gasteiger partial charge in [0.25, 0.3) is 0 Å². The number of nitriles is 1. The lowest BCUT2D eigenvalue weighted by Gasteiger charge is -2.09. The lowest BCUT2D eigenvalue weighted by molar-refractivity contribution is 0.174. The van der Waals surface area contributed by atoms with Crippen molar-refractivity contribution in [3.63, 3.8) is 0 Å². The van der Waals surface area contributed by atoms with Crippen molar-refractivity contribution in [3.05, 3.63) is 47.5 Å². The van der Waals surface area contributed by atoms with Crippen LogP contribution in [0.4, 0.5) is 0 Å². The zero-order valence-electron chi connectivity index (χ0n) is 15.1. The Labute approximate surface area is 167 Å². The Balaban J connectivity index is 1.50. The van der Waals surface area contributed by atoms with Gasteiger partial charge in [0, 0.05) is 6.54 Å². The van der Waals surface area contributed by atoms with E-state index < -0.39 is 0 Å². The molecule has 0 unspecified atom stereocenters. The SMILES string of the molecule is COc1cc(/C=N\NC(=S)NCc2ccc3c(c2)OCO3)ccc1OCC#N. The number of hydrogen-bond donors (Lipinski definition) is 2. The molecule has 0 aromatic heterocycles. The molecule has 28 heavy (non-hydrogen) atoms. The number of benzene rings is 2. The van der Waals surface area contributed by atoms with E-state index in [4.69, 9.17) is 36.4 Å². The third-order valence-electron chi connectivity index (χ3n) is 3.75. The average molecular weight is 398 g/mol. The van der Waals surface area contributed by atoms with Gasteiger partial charge in [0.15, 0.2) is 34.7 Å². The first-order chi connectivity index (χ1) is 13.7. The summed E-state index contributed by atoms with van der Waals surface area (Å²) in [5.74, 6) is 2.48. The second-order valence-electron chi connectivity index (χ2n) is 5.60. The van der Waals surface area contributed by atoms with E-state index in [0.29, 0.717) is 23.2 Å². The van der Waals surface area contributed by atoms with E-state index in [1.54, 1.807) is 24.4 Å². The number of hydrogen-bond acceptors (Lipinski definition) is 7. The minimum absolute atomic E-state index is 0.0470. The van der Waals surface area contributed by atoms with Gasteiger partial charge < -0.3 is 24.3 Å². The van der Waals surface area contributed by atoms with Crippen LogP contribution < -0.4 is 29.7 Å². The smallest absolute Gasteiger partial charge is 0.231 e. The fourth-order valence-electron chi connectivity index (χ4n) is 2.43. The molecule has 9 heteroatoms. The van der Waals surface area contributed by atoms with Gasteiger partial charge in [-0.2, -0.15) is 10.4 Å². The Hall–Kier alpha value is -3.51. The summed E-state index contributed by atoms with van der Waals surface area (Å²) in [5, 5.41) is 16.2. The van der Waals surface area contributed by atoms with Crippen LogP contribution >= 0.6 is 12.2 Å². The molecule has 0 saturated carbocycles. The minimum atomic E-state index is -0.0470. The summed E-state index contributed by atoms with van der Waals surface area (Å²) in [7, 11) is 1.53. The molecule has 0 radical (unpaired) electrons. The normalized spacial score (nSPS) is 11.7. The van der Waals surface area contributed by atoms with E-state index in [2.05, 4.69) is 15.8 Å². The van der Waals surface area contributed by atoms with Gasteiger partial charge in [0.1, 0.15) is 6.07 Å². The molecule has 0 fully saturated rings. The number of methoxy groups -OCH3 is 1. The molecule has 144 valence electrons. The number of ether oxygens (including phenoxy) is 4. The average Bonchev–Trinajstić information content (AvgIpc) is 3.19. The molecular formula is C19H18N4O4S. The lowest BCUT2D eigenvalue weighted by Crippen LogP contribution is -2.31. The summed E-state index contributed by atoms with van der Waals surface area (Å²) in [6.45, 7) is 0.725. The standard InChI is InChI=1S/C19H18N4O4S/c1-24-17-8-14(3-4-15(17)25-7-6-20)11-22-23-19(28)21-10-13-2-5-16-18(9-13)27-12-26-16/h2-5,8-9,11H,7,10,12H2,1H3,(H2,21,23,28)/b22-11-. The van der Waals surface area contributed by atoms with Crippen LogP contribution in [0.15, 0.2) is 41.5 Å². The molecule has 0 atom stereocenters. The molecule has 0 saturated heterocycles. The highest BCUT2D eigenvalue weighted by atomic mass is 32.1. The summed E-state index contributed by atoms with van der Waals surface area (Å²) in [6.07, 6.45) is 1.60. The molecule has 0 amide bonds. The number of thiocarbonyl (C=S) groups is 1. The van der Waals surface area contributed by atoms with E-state index in [0.717, 1.165) is 22.6 Å². The molecule has 0 aliphatic carbocycles. The van der Waals surface area contributed by atoms with Gasteiger partial charge >= 0.3 is 0 Å². The number of hydrazone groups is 1. The first-order valence-corrected chi connectivity index (χ1v) is 8.73. The highest BCUT2D eigenvalue weighted by Crippen LogP contribution is 2.32. The predicted octanol–water partition coefficient (Wildman–Crippen LogP) is 2.32. The fraction of sp³-hybridized carbons (Fsp3) is 0.211. The van der Waals surface area contributed by atoms with Crippen LogP contribution in [0.25, 0.3) is 0 Å². The van der Waals surface area contributed by atoms with Crippen LogP contribution in [0.2, 0.25) is 0 Å². The molecule has 3 rings (SSSR count). The van der Waals surface area contributed by atoms with Gasteiger partial charge in [-0.05, 0) is 53.7 Å². The van der Waals surface area contributed by atoms with Crippen LogP contribution in [0.3, 0.4) is 0 Å². The van der Waals surface area contributed by atoms with Crippen molar-refractivity contribution < 1.29 is 18.9 Å². The maximum absolute atomic E-state index is 8.60. The molecule has 2 aromatic rings. The lowest BCUT2D eigenvalue weighted by atomic mass is 10.2.